The second kappa shape index (κ2) is 9.48. The second-order valence-electron chi connectivity index (χ2n) is 6.52. The molecule has 2 amide bonds. The third-order valence-electron chi connectivity index (χ3n) is 4.34. The third kappa shape index (κ3) is 5.21. The number of benzene rings is 2. The number of nitrogens with zero attached hydrogens (tertiary/aromatic N) is 2. The van der Waals surface area contributed by atoms with Gasteiger partial charge in [-0.3, -0.25) is 29.6 Å². The second-order valence-corrected chi connectivity index (χ2v) is 6.52. The molecule has 3 aromatic rings. The number of nitro benzene ring substituents is 1. The number of anilines is 1. The zero-order chi connectivity index (χ0) is 22.4. The molecule has 0 aliphatic heterocycles. The number of aromatic amines is 1. The Balaban J connectivity index is 1.47. The van der Waals surface area contributed by atoms with Crippen molar-refractivity contribution >= 4 is 40.1 Å². The summed E-state index contributed by atoms with van der Waals surface area (Å²) in [5, 5.41) is 23.3. The monoisotopic (exact) mass is 425 g/mol. The summed E-state index contributed by atoms with van der Waals surface area (Å²) in [6.07, 6.45) is -1.35. The molecule has 0 saturated heterocycles. The van der Waals surface area contributed by atoms with Gasteiger partial charge in [-0.25, -0.2) is 0 Å². The lowest BCUT2D eigenvalue weighted by Gasteiger charge is -2.13. The van der Waals surface area contributed by atoms with E-state index in [1.807, 2.05) is 6.07 Å². The van der Waals surface area contributed by atoms with Crippen LogP contribution in [-0.4, -0.2) is 45.6 Å². The van der Waals surface area contributed by atoms with Crippen LogP contribution >= 0.6 is 0 Å². The number of hydrogen-bond acceptors (Lipinski definition) is 7. The molecule has 11 heteroatoms. The van der Waals surface area contributed by atoms with Gasteiger partial charge in [0.2, 0.25) is 0 Å². The maximum Gasteiger partial charge on any atom is 0.308 e. The van der Waals surface area contributed by atoms with Gasteiger partial charge in [-0.15, -0.1) is 0 Å². The average molecular weight is 425 g/mol. The van der Waals surface area contributed by atoms with E-state index in [2.05, 4.69) is 20.8 Å². The fourth-order valence-electron chi connectivity index (χ4n) is 2.78. The van der Waals surface area contributed by atoms with Crippen LogP contribution in [0.5, 0.6) is 0 Å². The van der Waals surface area contributed by atoms with Crippen LogP contribution in [0.1, 0.15) is 23.8 Å². The number of carbonyl (C=O) groups is 3. The molecule has 0 bridgehead atoms. The number of nitrogens with one attached hydrogen (secondary N) is 3. The van der Waals surface area contributed by atoms with Gasteiger partial charge in [0.1, 0.15) is 5.69 Å². The molecule has 11 nitrogen and oxygen atoms in total. The predicted octanol–water partition coefficient (Wildman–Crippen LogP) is 2.16. The molecule has 0 radical (unpaired) electrons. The molecule has 3 rings (SSSR count). The molecule has 160 valence electrons. The number of aromatic nitrogens is 2. The molecule has 0 aliphatic carbocycles. The Labute approximate surface area is 175 Å². The number of fused-ring (bicyclic) bond motifs is 1. The highest BCUT2D eigenvalue weighted by molar-refractivity contribution is 6.04. The van der Waals surface area contributed by atoms with Crippen molar-refractivity contribution in [1.82, 2.24) is 15.5 Å². The number of nitro groups is 1. The number of rotatable bonds is 8. The van der Waals surface area contributed by atoms with Gasteiger partial charge in [0, 0.05) is 18.0 Å². The highest BCUT2D eigenvalue weighted by Crippen LogP contribution is 2.23. The Hall–Kier alpha value is -4.28. The first-order chi connectivity index (χ1) is 14.9. The largest absolute Gasteiger partial charge is 0.452 e. The van der Waals surface area contributed by atoms with Gasteiger partial charge in [-0.05, 0) is 19.1 Å². The Morgan fingerprint density at radius 2 is 1.87 bits per heavy atom. The quantitative estimate of drug-likeness (QED) is 0.283. The van der Waals surface area contributed by atoms with Gasteiger partial charge < -0.3 is 15.4 Å². The Kier molecular flexibility index (Phi) is 6.55. The lowest BCUT2D eigenvalue weighted by atomic mass is 10.2. The fourth-order valence-corrected chi connectivity index (χ4v) is 2.78. The Morgan fingerprint density at radius 1 is 1.16 bits per heavy atom. The third-order valence-corrected chi connectivity index (χ3v) is 4.34. The van der Waals surface area contributed by atoms with E-state index in [1.54, 1.807) is 18.2 Å². The van der Waals surface area contributed by atoms with Gasteiger partial charge in [0.15, 0.2) is 11.8 Å². The standard InChI is InChI=1S/C20H19N5O6/c1-12(19(27)22-15-8-4-5-9-16(15)25(29)30)31-17(26)10-11-21-20(28)18-13-6-2-3-7-14(13)23-24-18/h2-9,12H,10-11H2,1H3,(H,21,28)(H,22,27)(H,23,24). The first-order valence-electron chi connectivity index (χ1n) is 9.32. The lowest BCUT2D eigenvalue weighted by molar-refractivity contribution is -0.383. The average Bonchev–Trinajstić information content (AvgIpc) is 3.18. The zero-order valence-corrected chi connectivity index (χ0v) is 16.5. The molecule has 31 heavy (non-hydrogen) atoms. The Morgan fingerprint density at radius 3 is 2.65 bits per heavy atom. The van der Waals surface area contributed by atoms with Gasteiger partial charge >= 0.3 is 5.97 Å². The summed E-state index contributed by atoms with van der Waals surface area (Å²) >= 11 is 0. The highest BCUT2D eigenvalue weighted by Gasteiger charge is 2.22. The van der Waals surface area contributed by atoms with Gasteiger partial charge in [0.25, 0.3) is 17.5 Å². The lowest BCUT2D eigenvalue weighted by Crippen LogP contribution is -2.32. The minimum atomic E-state index is -1.18. The van der Waals surface area contributed by atoms with E-state index in [-0.39, 0.29) is 30.0 Å². The molecule has 1 unspecified atom stereocenters. The minimum absolute atomic E-state index is 0.00103. The van der Waals surface area contributed by atoms with Crippen LogP contribution in [0.3, 0.4) is 0 Å². The Bertz CT molecular complexity index is 1140. The van der Waals surface area contributed by atoms with Gasteiger partial charge in [0.05, 0.1) is 16.9 Å². The molecule has 3 N–H and O–H groups in total. The van der Waals surface area contributed by atoms with Crippen molar-refractivity contribution < 1.29 is 24.0 Å². The summed E-state index contributed by atoms with van der Waals surface area (Å²) in [4.78, 5) is 46.8. The van der Waals surface area contributed by atoms with Gasteiger partial charge in [-0.2, -0.15) is 5.10 Å². The number of H-pyrrole nitrogens is 1. The minimum Gasteiger partial charge on any atom is -0.452 e. The van der Waals surface area contributed by atoms with E-state index in [1.165, 1.54) is 31.2 Å². The first-order valence-corrected chi connectivity index (χ1v) is 9.32. The van der Waals surface area contributed by atoms with E-state index >= 15 is 0 Å². The molecule has 1 aromatic heterocycles. The van der Waals surface area contributed by atoms with Crippen molar-refractivity contribution in [3.8, 4) is 0 Å². The SMILES string of the molecule is CC(OC(=O)CCNC(=O)c1n[nH]c2ccccc12)C(=O)Nc1ccccc1[N+](=O)[O-]. The maximum absolute atomic E-state index is 12.3. The van der Waals surface area contributed by atoms with Crippen molar-refractivity contribution in [3.05, 3.63) is 64.3 Å². The smallest absolute Gasteiger partial charge is 0.308 e. The van der Waals surface area contributed by atoms with Gasteiger partial charge in [-0.1, -0.05) is 30.3 Å². The van der Waals surface area contributed by atoms with Crippen molar-refractivity contribution in [3.63, 3.8) is 0 Å². The summed E-state index contributed by atoms with van der Waals surface area (Å²) in [6.45, 7) is 1.33. The van der Waals surface area contributed by atoms with Crippen LogP contribution in [0, 0.1) is 10.1 Å². The van der Waals surface area contributed by atoms with Crippen molar-refractivity contribution in [1.29, 1.82) is 0 Å². The summed E-state index contributed by atoms with van der Waals surface area (Å²) in [5.74, 6) is -1.88. The van der Waals surface area contributed by atoms with Crippen LogP contribution in [0.15, 0.2) is 48.5 Å². The molecular weight excluding hydrogens is 406 g/mol. The fraction of sp³-hybridized carbons (Fsp3) is 0.200. The summed E-state index contributed by atoms with van der Waals surface area (Å²) in [6, 6.07) is 12.7. The zero-order valence-electron chi connectivity index (χ0n) is 16.5. The molecule has 0 saturated carbocycles. The van der Waals surface area contributed by atoms with Crippen LogP contribution in [0.2, 0.25) is 0 Å². The van der Waals surface area contributed by atoms with Crippen molar-refractivity contribution in [2.24, 2.45) is 0 Å². The topological polar surface area (TPSA) is 156 Å². The maximum atomic E-state index is 12.3. The van der Waals surface area contributed by atoms with Crippen LogP contribution in [0.4, 0.5) is 11.4 Å². The number of ether oxygens (including phenoxy) is 1. The number of para-hydroxylation sites is 3. The number of amides is 2. The molecule has 1 heterocycles. The molecular formula is C20H19N5O6. The highest BCUT2D eigenvalue weighted by atomic mass is 16.6. The van der Waals surface area contributed by atoms with Crippen molar-refractivity contribution in [2.45, 2.75) is 19.4 Å². The van der Waals surface area contributed by atoms with E-state index in [9.17, 15) is 24.5 Å². The molecule has 1 atom stereocenters. The predicted molar refractivity (Wildman–Crippen MR) is 110 cm³/mol. The van der Waals surface area contributed by atoms with E-state index < -0.39 is 28.8 Å². The number of esters is 1. The van der Waals surface area contributed by atoms with E-state index in [0.29, 0.717) is 10.9 Å². The summed E-state index contributed by atoms with van der Waals surface area (Å²) < 4.78 is 5.03. The number of carbonyl (C=O) groups excluding carboxylic acids is 3. The van der Waals surface area contributed by atoms with Crippen LogP contribution < -0.4 is 10.6 Å². The normalized spacial score (nSPS) is 11.5. The summed E-state index contributed by atoms with van der Waals surface area (Å²) in [7, 11) is 0. The summed E-state index contributed by atoms with van der Waals surface area (Å²) in [5.41, 5.74) is 0.647. The van der Waals surface area contributed by atoms with Crippen LogP contribution in [-0.2, 0) is 14.3 Å². The molecule has 0 fully saturated rings. The van der Waals surface area contributed by atoms with E-state index in [0.717, 1.165) is 0 Å². The number of hydrogen-bond donors (Lipinski definition) is 3. The molecule has 0 spiro atoms. The molecule has 0 aliphatic rings. The van der Waals surface area contributed by atoms with Crippen molar-refractivity contribution in [2.75, 3.05) is 11.9 Å². The van der Waals surface area contributed by atoms with Crippen LogP contribution in [0.25, 0.3) is 10.9 Å². The van der Waals surface area contributed by atoms with E-state index in [4.69, 9.17) is 4.74 Å². The molecule has 2 aromatic carbocycles. The first kappa shape index (κ1) is 21.4.